The quantitative estimate of drug-likeness (QED) is 0.731. The van der Waals surface area contributed by atoms with E-state index in [1.54, 1.807) is 0 Å². The Morgan fingerprint density at radius 2 is 2.00 bits per heavy atom. The van der Waals surface area contributed by atoms with Crippen LogP contribution in [-0.2, 0) is 4.79 Å². The Bertz CT molecular complexity index is 248. The van der Waals surface area contributed by atoms with E-state index in [0.717, 1.165) is 45.3 Å². The molecule has 1 fully saturated rings. The maximum atomic E-state index is 11.2. The van der Waals surface area contributed by atoms with E-state index in [1.165, 1.54) is 0 Å². The molecule has 1 heterocycles. The van der Waals surface area contributed by atoms with E-state index in [4.69, 9.17) is 0 Å². The van der Waals surface area contributed by atoms with Gasteiger partial charge in [-0.05, 0) is 44.8 Å². The molecule has 2 N–H and O–H groups in total. The molecule has 0 aromatic carbocycles. The van der Waals surface area contributed by atoms with Crippen LogP contribution in [0.25, 0.3) is 0 Å². The van der Waals surface area contributed by atoms with Crippen LogP contribution in [-0.4, -0.2) is 47.7 Å². The summed E-state index contributed by atoms with van der Waals surface area (Å²) in [6, 6.07) is 0.267. The number of carboxylic acids is 1. The Balaban J connectivity index is 2.35. The number of nitrogens with zero attached hydrogens (tertiary/aromatic N) is 1. The second-order valence-corrected chi connectivity index (χ2v) is 5.69. The molecule has 106 valence electrons. The van der Waals surface area contributed by atoms with Crippen molar-refractivity contribution in [2.45, 2.75) is 58.5 Å². The topological polar surface area (TPSA) is 52.6 Å². The first-order valence-electron chi connectivity index (χ1n) is 7.24. The normalized spacial score (nSPS) is 20.2. The highest BCUT2D eigenvalue weighted by atomic mass is 16.4. The van der Waals surface area contributed by atoms with E-state index in [-0.39, 0.29) is 6.04 Å². The highest BCUT2D eigenvalue weighted by molar-refractivity contribution is 5.73. The van der Waals surface area contributed by atoms with Gasteiger partial charge in [0.15, 0.2) is 0 Å². The SMILES string of the molecule is CCCC(C(=O)O)N1CCC(CNC(C)C)CC1. The summed E-state index contributed by atoms with van der Waals surface area (Å²) in [5, 5.41) is 12.7. The molecule has 1 aliphatic heterocycles. The smallest absolute Gasteiger partial charge is 0.320 e. The fraction of sp³-hybridized carbons (Fsp3) is 0.929. The molecule has 0 radical (unpaired) electrons. The molecule has 0 bridgehead atoms. The Kier molecular flexibility index (Phi) is 6.65. The first kappa shape index (κ1) is 15.4. The number of piperidine rings is 1. The number of aliphatic carboxylic acids is 1. The predicted octanol–water partition coefficient (Wildman–Crippen LogP) is 1.95. The van der Waals surface area contributed by atoms with Crippen molar-refractivity contribution in [3.05, 3.63) is 0 Å². The standard InChI is InChI=1S/C14H28N2O2/c1-4-5-13(14(17)18)16-8-6-12(7-9-16)10-15-11(2)3/h11-13,15H,4-10H2,1-3H3,(H,17,18). The number of hydrogen-bond acceptors (Lipinski definition) is 3. The molecule has 0 saturated carbocycles. The summed E-state index contributed by atoms with van der Waals surface area (Å²) in [5.74, 6) is 0.0512. The third kappa shape index (κ3) is 4.94. The molecule has 18 heavy (non-hydrogen) atoms. The first-order chi connectivity index (χ1) is 8.54. The van der Waals surface area contributed by atoms with Crippen LogP contribution in [0.2, 0.25) is 0 Å². The molecule has 4 heteroatoms. The van der Waals surface area contributed by atoms with Crippen molar-refractivity contribution in [3.8, 4) is 0 Å². The lowest BCUT2D eigenvalue weighted by Crippen LogP contribution is -2.47. The Morgan fingerprint density at radius 1 is 1.39 bits per heavy atom. The van der Waals surface area contributed by atoms with Crippen molar-refractivity contribution in [1.29, 1.82) is 0 Å². The van der Waals surface area contributed by atoms with E-state index >= 15 is 0 Å². The lowest BCUT2D eigenvalue weighted by atomic mass is 9.94. The lowest BCUT2D eigenvalue weighted by Gasteiger charge is -2.36. The summed E-state index contributed by atoms with van der Waals surface area (Å²) >= 11 is 0. The Morgan fingerprint density at radius 3 is 2.44 bits per heavy atom. The number of likely N-dealkylation sites (tertiary alicyclic amines) is 1. The highest BCUT2D eigenvalue weighted by Gasteiger charge is 2.28. The number of rotatable bonds is 7. The van der Waals surface area contributed by atoms with Crippen LogP contribution >= 0.6 is 0 Å². The summed E-state index contributed by atoms with van der Waals surface area (Å²) in [4.78, 5) is 13.4. The van der Waals surface area contributed by atoms with Crippen LogP contribution in [0.15, 0.2) is 0 Å². The predicted molar refractivity (Wildman–Crippen MR) is 73.8 cm³/mol. The fourth-order valence-electron chi connectivity index (χ4n) is 2.61. The third-order valence-corrected chi connectivity index (χ3v) is 3.75. The van der Waals surface area contributed by atoms with Gasteiger partial charge in [0.05, 0.1) is 0 Å². The van der Waals surface area contributed by atoms with Gasteiger partial charge in [0, 0.05) is 6.04 Å². The minimum absolute atomic E-state index is 0.269. The van der Waals surface area contributed by atoms with Crippen LogP contribution in [0.3, 0.4) is 0 Å². The average molecular weight is 256 g/mol. The molecule has 0 spiro atoms. The molecular weight excluding hydrogens is 228 g/mol. The molecule has 1 rings (SSSR count). The second kappa shape index (κ2) is 7.74. The van der Waals surface area contributed by atoms with Crippen LogP contribution in [0.1, 0.15) is 46.5 Å². The largest absolute Gasteiger partial charge is 0.480 e. The zero-order valence-electron chi connectivity index (χ0n) is 12.0. The van der Waals surface area contributed by atoms with Gasteiger partial charge in [-0.2, -0.15) is 0 Å². The van der Waals surface area contributed by atoms with E-state index in [0.29, 0.717) is 12.0 Å². The maximum absolute atomic E-state index is 11.2. The number of nitrogens with one attached hydrogen (secondary N) is 1. The maximum Gasteiger partial charge on any atom is 0.320 e. The van der Waals surface area contributed by atoms with Gasteiger partial charge in [0.2, 0.25) is 0 Å². The molecule has 4 nitrogen and oxygen atoms in total. The first-order valence-corrected chi connectivity index (χ1v) is 7.24. The summed E-state index contributed by atoms with van der Waals surface area (Å²) in [6.07, 6.45) is 3.94. The molecular formula is C14H28N2O2. The minimum atomic E-state index is -0.657. The van der Waals surface area contributed by atoms with E-state index in [2.05, 4.69) is 31.0 Å². The lowest BCUT2D eigenvalue weighted by molar-refractivity contribution is -0.144. The molecule has 1 unspecified atom stereocenters. The fourth-order valence-corrected chi connectivity index (χ4v) is 2.61. The molecule has 1 saturated heterocycles. The zero-order chi connectivity index (χ0) is 13.5. The monoisotopic (exact) mass is 256 g/mol. The van der Waals surface area contributed by atoms with Crippen molar-refractivity contribution in [3.63, 3.8) is 0 Å². The zero-order valence-corrected chi connectivity index (χ0v) is 12.0. The molecule has 0 aromatic heterocycles. The van der Waals surface area contributed by atoms with Crippen molar-refractivity contribution in [1.82, 2.24) is 10.2 Å². The number of hydrogen-bond donors (Lipinski definition) is 2. The van der Waals surface area contributed by atoms with Crippen molar-refractivity contribution >= 4 is 5.97 Å². The second-order valence-electron chi connectivity index (χ2n) is 5.69. The van der Waals surface area contributed by atoms with Crippen molar-refractivity contribution < 1.29 is 9.90 Å². The third-order valence-electron chi connectivity index (χ3n) is 3.75. The molecule has 0 aliphatic carbocycles. The molecule has 0 aromatic rings. The molecule has 1 atom stereocenters. The number of carboxylic acid groups (broad SMARTS) is 1. The summed E-state index contributed by atoms with van der Waals surface area (Å²) in [7, 11) is 0. The van der Waals surface area contributed by atoms with Gasteiger partial charge in [-0.1, -0.05) is 27.2 Å². The van der Waals surface area contributed by atoms with Crippen molar-refractivity contribution in [2.75, 3.05) is 19.6 Å². The van der Waals surface area contributed by atoms with Gasteiger partial charge >= 0.3 is 5.97 Å². The van der Waals surface area contributed by atoms with Crippen molar-refractivity contribution in [2.24, 2.45) is 5.92 Å². The molecule has 1 aliphatic rings. The van der Waals surface area contributed by atoms with E-state index < -0.39 is 5.97 Å². The van der Waals surface area contributed by atoms with Gasteiger partial charge in [0.25, 0.3) is 0 Å². The van der Waals surface area contributed by atoms with Crippen LogP contribution in [0.4, 0.5) is 0 Å². The summed E-state index contributed by atoms with van der Waals surface area (Å²) < 4.78 is 0. The van der Waals surface area contributed by atoms with Crippen LogP contribution in [0, 0.1) is 5.92 Å². The Labute approximate surface area is 111 Å². The van der Waals surface area contributed by atoms with Gasteiger partial charge in [-0.25, -0.2) is 0 Å². The summed E-state index contributed by atoms with van der Waals surface area (Å²) in [6.45, 7) is 9.31. The van der Waals surface area contributed by atoms with Gasteiger partial charge in [-0.3, -0.25) is 9.69 Å². The van der Waals surface area contributed by atoms with E-state index in [1.807, 2.05) is 0 Å². The van der Waals surface area contributed by atoms with Gasteiger partial charge in [-0.15, -0.1) is 0 Å². The number of carbonyl (C=O) groups is 1. The average Bonchev–Trinajstić information content (AvgIpc) is 2.34. The van der Waals surface area contributed by atoms with E-state index in [9.17, 15) is 9.90 Å². The highest BCUT2D eigenvalue weighted by Crippen LogP contribution is 2.20. The minimum Gasteiger partial charge on any atom is -0.480 e. The van der Waals surface area contributed by atoms with Gasteiger partial charge in [0.1, 0.15) is 6.04 Å². The summed E-state index contributed by atoms with van der Waals surface area (Å²) in [5.41, 5.74) is 0. The van der Waals surface area contributed by atoms with Crippen LogP contribution in [0.5, 0.6) is 0 Å². The molecule has 0 amide bonds. The van der Waals surface area contributed by atoms with Crippen LogP contribution < -0.4 is 5.32 Å². The van der Waals surface area contributed by atoms with Gasteiger partial charge < -0.3 is 10.4 Å². The Hall–Kier alpha value is -0.610.